The molecule has 1 aliphatic heterocycles. The van der Waals surface area contributed by atoms with Gasteiger partial charge in [-0.15, -0.1) is 0 Å². The highest BCUT2D eigenvalue weighted by molar-refractivity contribution is 5.85. The number of amides is 2. The average Bonchev–Trinajstić information content (AvgIpc) is 2.76. The predicted octanol–water partition coefficient (Wildman–Crippen LogP) is 1.54. The number of methoxy groups -OCH3 is 1. The van der Waals surface area contributed by atoms with Gasteiger partial charge in [0.25, 0.3) is 5.91 Å². The van der Waals surface area contributed by atoms with Crippen molar-refractivity contribution in [3.63, 3.8) is 0 Å². The largest absolute Gasteiger partial charge is 0.495 e. The highest BCUT2D eigenvalue weighted by atomic mass is 16.5. The number of benzene rings is 2. The van der Waals surface area contributed by atoms with E-state index < -0.39 is 0 Å². The number of ether oxygens (including phenoxy) is 2. The molecular formula is C21H25N3O4. The highest BCUT2D eigenvalue weighted by Crippen LogP contribution is 2.28. The number of hydrogen-bond donors (Lipinski definition) is 1. The molecule has 0 bridgehead atoms. The fourth-order valence-electron chi connectivity index (χ4n) is 3.09. The molecule has 1 heterocycles. The summed E-state index contributed by atoms with van der Waals surface area (Å²) in [6.45, 7) is 2.51. The molecule has 1 fully saturated rings. The third-order valence-corrected chi connectivity index (χ3v) is 4.61. The van der Waals surface area contributed by atoms with Gasteiger partial charge in [-0.1, -0.05) is 30.3 Å². The van der Waals surface area contributed by atoms with Crippen molar-refractivity contribution in [1.29, 1.82) is 0 Å². The van der Waals surface area contributed by atoms with Gasteiger partial charge >= 0.3 is 0 Å². The highest BCUT2D eigenvalue weighted by Gasteiger charge is 2.23. The van der Waals surface area contributed by atoms with Gasteiger partial charge in [-0.05, 0) is 24.3 Å². The summed E-state index contributed by atoms with van der Waals surface area (Å²) in [5.74, 6) is 1.04. The lowest BCUT2D eigenvalue weighted by Crippen LogP contribution is -2.51. The van der Waals surface area contributed by atoms with Gasteiger partial charge in [-0.25, -0.2) is 0 Å². The van der Waals surface area contributed by atoms with Crippen molar-refractivity contribution in [2.75, 3.05) is 51.3 Å². The van der Waals surface area contributed by atoms with E-state index in [1.807, 2.05) is 42.5 Å². The monoisotopic (exact) mass is 383 g/mol. The fourth-order valence-corrected chi connectivity index (χ4v) is 3.09. The predicted molar refractivity (Wildman–Crippen MR) is 107 cm³/mol. The Balaban J connectivity index is 1.41. The quantitative estimate of drug-likeness (QED) is 0.785. The van der Waals surface area contributed by atoms with Crippen LogP contribution in [0, 0.1) is 0 Å². The van der Waals surface area contributed by atoms with Crippen molar-refractivity contribution >= 4 is 17.5 Å². The minimum Gasteiger partial charge on any atom is -0.495 e. The Bertz CT molecular complexity index is 789. The molecule has 3 rings (SSSR count). The first kappa shape index (κ1) is 19.5. The molecule has 7 nitrogen and oxygen atoms in total. The molecule has 1 N–H and O–H groups in total. The standard InChI is InChI=1S/C21H25N3O4/c1-27-19-10-6-5-9-18(19)23-11-13-24(14-12-23)21(26)15-22-20(25)16-28-17-7-3-2-4-8-17/h2-10H,11-16H2,1H3,(H,22,25). The summed E-state index contributed by atoms with van der Waals surface area (Å²) in [5.41, 5.74) is 1.03. The topological polar surface area (TPSA) is 71.1 Å². The zero-order valence-corrected chi connectivity index (χ0v) is 16.0. The SMILES string of the molecule is COc1ccccc1N1CCN(C(=O)CNC(=O)COc2ccccc2)CC1. The van der Waals surface area contributed by atoms with Gasteiger partial charge in [-0.2, -0.15) is 0 Å². The molecule has 0 saturated carbocycles. The minimum absolute atomic E-state index is 0.0222. The van der Waals surface area contributed by atoms with Crippen LogP contribution in [0.1, 0.15) is 0 Å². The number of hydrogen-bond acceptors (Lipinski definition) is 5. The van der Waals surface area contributed by atoms with E-state index in [0.717, 1.165) is 24.5 Å². The Morgan fingerprint density at radius 3 is 2.36 bits per heavy atom. The second-order valence-corrected chi connectivity index (χ2v) is 6.42. The lowest BCUT2D eigenvalue weighted by molar-refractivity contribution is -0.133. The second-order valence-electron chi connectivity index (χ2n) is 6.42. The van der Waals surface area contributed by atoms with Crippen LogP contribution in [-0.4, -0.2) is 63.2 Å². The summed E-state index contributed by atoms with van der Waals surface area (Å²) in [5, 5.41) is 2.62. The molecule has 0 spiro atoms. The Morgan fingerprint density at radius 1 is 0.964 bits per heavy atom. The Labute approximate surface area is 164 Å². The number of piperazine rings is 1. The van der Waals surface area contributed by atoms with E-state index in [0.29, 0.717) is 18.8 Å². The van der Waals surface area contributed by atoms with Crippen molar-refractivity contribution in [2.45, 2.75) is 0 Å². The normalized spacial score (nSPS) is 13.8. The van der Waals surface area contributed by atoms with Gasteiger partial charge in [0.2, 0.25) is 5.91 Å². The molecule has 2 amide bonds. The van der Waals surface area contributed by atoms with Crippen molar-refractivity contribution in [2.24, 2.45) is 0 Å². The van der Waals surface area contributed by atoms with Gasteiger partial charge < -0.3 is 24.6 Å². The molecule has 7 heteroatoms. The maximum Gasteiger partial charge on any atom is 0.258 e. The number of carbonyl (C=O) groups is 2. The van der Waals surface area contributed by atoms with Gasteiger partial charge in [0.05, 0.1) is 19.3 Å². The van der Waals surface area contributed by atoms with Crippen LogP contribution in [0.15, 0.2) is 54.6 Å². The third-order valence-electron chi connectivity index (χ3n) is 4.61. The van der Waals surface area contributed by atoms with E-state index in [1.165, 1.54) is 0 Å². The van der Waals surface area contributed by atoms with Crippen LogP contribution in [0.2, 0.25) is 0 Å². The molecule has 1 saturated heterocycles. The summed E-state index contributed by atoms with van der Waals surface area (Å²) in [6.07, 6.45) is 0. The molecule has 0 aromatic heterocycles. The minimum atomic E-state index is -0.315. The summed E-state index contributed by atoms with van der Waals surface area (Å²) in [7, 11) is 1.66. The first-order chi connectivity index (χ1) is 13.7. The Kier molecular flexibility index (Phi) is 6.73. The Morgan fingerprint density at radius 2 is 1.64 bits per heavy atom. The smallest absolute Gasteiger partial charge is 0.258 e. The first-order valence-electron chi connectivity index (χ1n) is 9.27. The molecule has 2 aromatic rings. The fraction of sp³-hybridized carbons (Fsp3) is 0.333. The van der Waals surface area contributed by atoms with E-state index >= 15 is 0 Å². The molecule has 2 aromatic carbocycles. The number of anilines is 1. The summed E-state index contributed by atoms with van der Waals surface area (Å²) >= 11 is 0. The van der Waals surface area contributed by atoms with E-state index in [2.05, 4.69) is 10.2 Å². The molecule has 0 unspecified atom stereocenters. The van der Waals surface area contributed by atoms with Crippen molar-refractivity contribution in [3.8, 4) is 11.5 Å². The van der Waals surface area contributed by atoms with Crippen molar-refractivity contribution in [1.82, 2.24) is 10.2 Å². The zero-order valence-electron chi connectivity index (χ0n) is 16.0. The number of rotatable bonds is 7. The van der Waals surface area contributed by atoms with Crippen molar-refractivity contribution < 1.29 is 19.1 Å². The van der Waals surface area contributed by atoms with E-state index in [1.54, 1.807) is 24.1 Å². The number of nitrogens with zero attached hydrogens (tertiary/aromatic N) is 2. The molecule has 0 radical (unpaired) electrons. The van der Waals surface area contributed by atoms with Gasteiger partial charge in [-0.3, -0.25) is 9.59 Å². The molecule has 0 atom stereocenters. The van der Waals surface area contributed by atoms with Crippen LogP contribution in [-0.2, 0) is 9.59 Å². The maximum atomic E-state index is 12.4. The number of nitrogens with one attached hydrogen (secondary N) is 1. The van der Waals surface area contributed by atoms with Crippen LogP contribution < -0.4 is 19.7 Å². The third kappa shape index (κ3) is 5.16. The van der Waals surface area contributed by atoms with E-state index in [9.17, 15) is 9.59 Å². The van der Waals surface area contributed by atoms with Gasteiger partial charge in [0.1, 0.15) is 11.5 Å². The van der Waals surface area contributed by atoms with Crippen LogP contribution in [0.25, 0.3) is 0 Å². The summed E-state index contributed by atoms with van der Waals surface area (Å²) in [6, 6.07) is 17.0. The molecule has 0 aliphatic carbocycles. The zero-order chi connectivity index (χ0) is 19.8. The van der Waals surface area contributed by atoms with Crippen LogP contribution in [0.4, 0.5) is 5.69 Å². The number of para-hydroxylation sites is 3. The van der Waals surface area contributed by atoms with Crippen LogP contribution >= 0.6 is 0 Å². The van der Waals surface area contributed by atoms with Crippen LogP contribution in [0.5, 0.6) is 11.5 Å². The van der Waals surface area contributed by atoms with Crippen molar-refractivity contribution in [3.05, 3.63) is 54.6 Å². The van der Waals surface area contributed by atoms with Gasteiger partial charge in [0, 0.05) is 26.2 Å². The lowest BCUT2D eigenvalue weighted by Gasteiger charge is -2.36. The molecular weight excluding hydrogens is 358 g/mol. The Hall–Kier alpha value is -3.22. The number of carbonyl (C=O) groups excluding carboxylic acids is 2. The molecule has 28 heavy (non-hydrogen) atoms. The summed E-state index contributed by atoms with van der Waals surface area (Å²) in [4.78, 5) is 28.2. The lowest BCUT2D eigenvalue weighted by atomic mass is 10.2. The second kappa shape index (κ2) is 9.64. The maximum absolute atomic E-state index is 12.4. The first-order valence-corrected chi connectivity index (χ1v) is 9.27. The van der Waals surface area contributed by atoms with Crippen LogP contribution in [0.3, 0.4) is 0 Å². The van der Waals surface area contributed by atoms with E-state index in [-0.39, 0.29) is 25.0 Å². The average molecular weight is 383 g/mol. The van der Waals surface area contributed by atoms with E-state index in [4.69, 9.17) is 9.47 Å². The summed E-state index contributed by atoms with van der Waals surface area (Å²) < 4.78 is 10.8. The molecule has 1 aliphatic rings. The van der Waals surface area contributed by atoms with Gasteiger partial charge in [0.15, 0.2) is 6.61 Å². The molecule has 148 valence electrons.